The monoisotopic (exact) mass is 493 g/mol. The van der Waals surface area contributed by atoms with E-state index in [4.69, 9.17) is 4.74 Å². The molecule has 1 atom stereocenters. The van der Waals surface area contributed by atoms with Crippen molar-refractivity contribution in [2.45, 2.75) is 19.0 Å². The van der Waals surface area contributed by atoms with E-state index in [1.165, 1.54) is 30.1 Å². The maximum atomic E-state index is 14.1. The van der Waals surface area contributed by atoms with E-state index in [-0.39, 0.29) is 40.6 Å². The van der Waals surface area contributed by atoms with Gasteiger partial charge in [-0.3, -0.25) is 9.59 Å². The average Bonchev–Trinajstić information content (AvgIpc) is 3.23. The van der Waals surface area contributed by atoms with Crippen LogP contribution in [0.1, 0.15) is 27.8 Å². The van der Waals surface area contributed by atoms with E-state index in [1.807, 2.05) is 0 Å². The Morgan fingerprint density at radius 2 is 1.80 bits per heavy atom. The van der Waals surface area contributed by atoms with E-state index in [2.05, 4.69) is 14.7 Å². The summed E-state index contributed by atoms with van der Waals surface area (Å²) in [6.45, 7) is -0.0272. The second-order valence-electron chi connectivity index (χ2n) is 8.05. The van der Waals surface area contributed by atoms with E-state index in [0.29, 0.717) is 11.3 Å². The molecule has 0 saturated heterocycles. The first-order chi connectivity index (χ1) is 16.5. The first-order valence-corrected chi connectivity index (χ1v) is 10.3. The number of hydrogen-bond acceptors (Lipinski definition) is 4. The minimum absolute atomic E-state index is 0.0113. The largest absolute Gasteiger partial charge is 0.573 e. The van der Waals surface area contributed by atoms with Gasteiger partial charge in [-0.15, -0.1) is 13.2 Å². The number of amides is 1. The van der Waals surface area contributed by atoms with Gasteiger partial charge in [0.2, 0.25) is 0 Å². The number of nitrogens with one attached hydrogen (secondary N) is 2. The number of aromatic nitrogens is 2. The van der Waals surface area contributed by atoms with Crippen molar-refractivity contribution in [3.8, 4) is 5.75 Å². The number of carbonyl (C=O) groups is 1. The van der Waals surface area contributed by atoms with Crippen LogP contribution in [-0.2, 0) is 11.3 Å². The van der Waals surface area contributed by atoms with Crippen LogP contribution >= 0.6 is 0 Å². The van der Waals surface area contributed by atoms with E-state index >= 15 is 0 Å². The molecule has 12 heteroatoms. The van der Waals surface area contributed by atoms with E-state index in [0.717, 1.165) is 18.2 Å². The lowest BCUT2D eigenvalue weighted by Gasteiger charge is -2.33. The highest BCUT2D eigenvalue weighted by Crippen LogP contribution is 2.35. The number of rotatable bonds is 3. The van der Waals surface area contributed by atoms with Gasteiger partial charge in [0.15, 0.2) is 11.6 Å². The molecule has 0 bridgehead atoms. The first-order valence-electron chi connectivity index (χ1n) is 10.3. The first kappa shape index (κ1) is 22.8. The molecule has 0 saturated carbocycles. The van der Waals surface area contributed by atoms with Gasteiger partial charge in [-0.05, 0) is 35.7 Å². The smallest absolute Gasteiger partial charge is 0.405 e. The van der Waals surface area contributed by atoms with Gasteiger partial charge in [0.05, 0.1) is 24.6 Å². The minimum atomic E-state index is -4.91. The lowest BCUT2D eigenvalue weighted by Crippen LogP contribution is -2.37. The van der Waals surface area contributed by atoms with Crippen molar-refractivity contribution < 1.29 is 36.2 Å². The summed E-state index contributed by atoms with van der Waals surface area (Å²) in [6.07, 6.45) is -4.91. The number of alkyl halides is 3. The maximum Gasteiger partial charge on any atom is 0.573 e. The van der Waals surface area contributed by atoms with Crippen LogP contribution in [0.3, 0.4) is 0 Å². The third-order valence-electron chi connectivity index (χ3n) is 5.91. The summed E-state index contributed by atoms with van der Waals surface area (Å²) in [6, 6.07) is 6.08. The predicted octanol–water partition coefficient (Wildman–Crippen LogP) is 4.53. The van der Waals surface area contributed by atoms with Gasteiger partial charge in [0.1, 0.15) is 11.4 Å². The molecule has 1 aliphatic heterocycles. The number of fused-ring (bicyclic) bond motifs is 4. The standard InChI is InChI=1S/C23H16F5N3O4/c1-31(22(33)16-7-12-15(29-16)3-2-4-19(12)35-23(26,27)28)18-9-34-8-17-20(18)10-5-13(24)14(25)6-11(10)21(32)30-17/h2-7,18,29H,8-9H2,1H3,(H,30,32). The molecule has 0 aliphatic carbocycles. The molecule has 0 fully saturated rings. The van der Waals surface area contributed by atoms with Crippen LogP contribution in [0.4, 0.5) is 22.0 Å². The number of benzene rings is 2. The number of carbonyl (C=O) groups excluding carboxylic acids is 1. The zero-order valence-corrected chi connectivity index (χ0v) is 17.9. The van der Waals surface area contributed by atoms with Crippen molar-refractivity contribution in [1.82, 2.24) is 14.9 Å². The van der Waals surface area contributed by atoms with Crippen molar-refractivity contribution in [3.05, 3.63) is 75.3 Å². The highest BCUT2D eigenvalue weighted by Gasteiger charge is 2.34. The van der Waals surface area contributed by atoms with Crippen LogP contribution in [0, 0.1) is 11.6 Å². The summed E-state index contributed by atoms with van der Waals surface area (Å²) in [5.41, 5.74) is 0.276. The number of likely N-dealkylation sites (N-methyl/N-ethyl adjacent to an activating group) is 1. The third kappa shape index (κ3) is 3.99. The zero-order valence-electron chi connectivity index (χ0n) is 17.9. The van der Waals surface area contributed by atoms with Crippen LogP contribution in [0.5, 0.6) is 5.75 Å². The molecule has 3 heterocycles. The molecule has 2 aromatic heterocycles. The summed E-state index contributed by atoms with van der Waals surface area (Å²) >= 11 is 0. The fraction of sp³-hybridized carbons (Fsp3) is 0.217. The lowest BCUT2D eigenvalue weighted by atomic mass is 9.95. The molecule has 1 aliphatic rings. The fourth-order valence-electron chi connectivity index (χ4n) is 4.34. The van der Waals surface area contributed by atoms with Crippen LogP contribution in [0.15, 0.2) is 41.2 Å². The summed E-state index contributed by atoms with van der Waals surface area (Å²) in [4.78, 5) is 32.3. The lowest BCUT2D eigenvalue weighted by molar-refractivity contribution is -0.274. The number of H-pyrrole nitrogens is 2. The Morgan fingerprint density at radius 3 is 2.51 bits per heavy atom. The molecule has 1 amide bonds. The molecule has 0 radical (unpaired) electrons. The highest BCUT2D eigenvalue weighted by molar-refractivity contribution is 6.00. The Hall–Kier alpha value is -3.93. The summed E-state index contributed by atoms with van der Waals surface area (Å²) in [7, 11) is 1.43. The van der Waals surface area contributed by atoms with Crippen LogP contribution < -0.4 is 10.3 Å². The summed E-state index contributed by atoms with van der Waals surface area (Å²) < 4.78 is 75.7. The topological polar surface area (TPSA) is 87.4 Å². The number of hydrogen-bond donors (Lipinski definition) is 2. The van der Waals surface area contributed by atoms with Gasteiger partial charge in [-0.1, -0.05) is 6.07 Å². The molecular weight excluding hydrogens is 477 g/mol. The molecule has 2 aromatic carbocycles. The Morgan fingerprint density at radius 1 is 1.09 bits per heavy atom. The van der Waals surface area contributed by atoms with E-state index in [9.17, 15) is 31.5 Å². The van der Waals surface area contributed by atoms with Crippen molar-refractivity contribution in [3.63, 3.8) is 0 Å². The average molecular weight is 493 g/mol. The molecular formula is C23H16F5N3O4. The quantitative estimate of drug-likeness (QED) is 0.411. The highest BCUT2D eigenvalue weighted by atomic mass is 19.4. The zero-order chi connectivity index (χ0) is 25.1. The number of aromatic amines is 2. The van der Waals surface area contributed by atoms with Crippen LogP contribution in [0.25, 0.3) is 21.7 Å². The van der Waals surface area contributed by atoms with E-state index in [1.54, 1.807) is 0 Å². The van der Waals surface area contributed by atoms with Gasteiger partial charge >= 0.3 is 6.36 Å². The summed E-state index contributed by atoms with van der Waals surface area (Å²) in [5.74, 6) is -3.42. The second kappa shape index (κ2) is 8.08. The van der Waals surface area contributed by atoms with Crippen LogP contribution in [-0.4, -0.2) is 40.8 Å². The Labute approximate surface area is 193 Å². The van der Waals surface area contributed by atoms with Gasteiger partial charge in [0.25, 0.3) is 11.5 Å². The van der Waals surface area contributed by atoms with Crippen molar-refractivity contribution in [1.29, 1.82) is 0 Å². The SMILES string of the molecule is CN(C(=O)c1cc2c(OC(F)(F)F)cccc2[nH]1)C1COCc2[nH]c(=O)c3cc(F)c(F)cc3c21. The summed E-state index contributed by atoms with van der Waals surface area (Å²) in [5, 5.41) is 0.0947. The normalized spacial score (nSPS) is 15.9. The molecule has 1 unspecified atom stereocenters. The Kier molecular flexibility index (Phi) is 5.28. The van der Waals surface area contributed by atoms with Gasteiger partial charge in [-0.2, -0.15) is 0 Å². The third-order valence-corrected chi connectivity index (χ3v) is 5.91. The molecule has 35 heavy (non-hydrogen) atoms. The molecule has 7 nitrogen and oxygen atoms in total. The molecule has 0 spiro atoms. The Bertz CT molecular complexity index is 1540. The molecule has 4 aromatic rings. The number of ether oxygens (including phenoxy) is 2. The predicted molar refractivity (Wildman–Crippen MR) is 114 cm³/mol. The van der Waals surface area contributed by atoms with Crippen LogP contribution in [0.2, 0.25) is 0 Å². The Balaban J connectivity index is 1.57. The van der Waals surface area contributed by atoms with Gasteiger partial charge in [-0.25, -0.2) is 8.78 Å². The second-order valence-corrected chi connectivity index (χ2v) is 8.05. The van der Waals surface area contributed by atoms with Crippen molar-refractivity contribution >= 4 is 27.6 Å². The minimum Gasteiger partial charge on any atom is -0.405 e. The fourth-order valence-corrected chi connectivity index (χ4v) is 4.34. The van der Waals surface area contributed by atoms with Crippen molar-refractivity contribution in [2.24, 2.45) is 0 Å². The van der Waals surface area contributed by atoms with E-state index < -0.39 is 41.3 Å². The maximum absolute atomic E-state index is 14.1. The number of pyridine rings is 1. The van der Waals surface area contributed by atoms with Crippen molar-refractivity contribution in [2.75, 3.05) is 13.7 Å². The number of nitrogens with zero attached hydrogens (tertiary/aromatic N) is 1. The molecule has 5 rings (SSSR count). The van der Waals surface area contributed by atoms with Gasteiger partial charge < -0.3 is 24.3 Å². The molecule has 2 N–H and O–H groups in total. The molecule has 182 valence electrons. The number of halogens is 5. The van der Waals surface area contributed by atoms with Gasteiger partial charge in [0, 0.05) is 29.2 Å².